The number of nitrogens with one attached hydrogen (secondary N) is 1. The second-order valence-electron chi connectivity index (χ2n) is 7.04. The molecule has 24 heavy (non-hydrogen) atoms. The Balaban J connectivity index is 1.65. The summed E-state index contributed by atoms with van der Waals surface area (Å²) in [5.74, 6) is 0.244. The van der Waals surface area contributed by atoms with Crippen molar-refractivity contribution in [1.29, 1.82) is 5.26 Å². The number of amides is 1. The van der Waals surface area contributed by atoms with E-state index in [0.717, 1.165) is 45.4 Å². The number of likely N-dealkylation sites (tertiary alicyclic amines) is 1. The molecule has 2 saturated heterocycles. The summed E-state index contributed by atoms with van der Waals surface area (Å²) in [7, 11) is 0. The average Bonchev–Trinajstić information content (AvgIpc) is 3.25. The summed E-state index contributed by atoms with van der Waals surface area (Å²) in [5, 5.41) is 15.9. The minimum absolute atomic E-state index is 0.0588. The fraction of sp³-hybridized carbons (Fsp3) is 0.706. The fourth-order valence-electron chi connectivity index (χ4n) is 3.42. The molecule has 0 aromatic carbocycles. The lowest BCUT2D eigenvalue weighted by atomic mass is 9.92. The van der Waals surface area contributed by atoms with Crippen LogP contribution in [0.5, 0.6) is 0 Å². The Hall–Kier alpha value is -1.91. The summed E-state index contributed by atoms with van der Waals surface area (Å²) in [6.07, 6.45) is 3.84. The molecule has 2 aliphatic rings. The van der Waals surface area contributed by atoms with Crippen LogP contribution in [0.25, 0.3) is 0 Å². The fourth-order valence-corrected chi connectivity index (χ4v) is 3.42. The zero-order valence-corrected chi connectivity index (χ0v) is 14.2. The summed E-state index contributed by atoms with van der Waals surface area (Å²) < 4.78 is 10.6. The van der Waals surface area contributed by atoms with E-state index in [-0.39, 0.29) is 11.9 Å². The first-order valence-electron chi connectivity index (χ1n) is 8.54. The molecule has 0 spiro atoms. The van der Waals surface area contributed by atoms with Gasteiger partial charge in [-0.2, -0.15) is 5.26 Å². The number of anilines is 1. The molecule has 1 aromatic rings. The van der Waals surface area contributed by atoms with Crippen molar-refractivity contribution in [3.63, 3.8) is 0 Å². The van der Waals surface area contributed by atoms with Gasteiger partial charge >= 0.3 is 0 Å². The molecular formula is C17H24N4O3. The van der Waals surface area contributed by atoms with E-state index in [4.69, 9.17) is 14.5 Å². The van der Waals surface area contributed by atoms with E-state index < -0.39 is 5.41 Å². The number of nitrogens with zero attached hydrogens (tertiary/aromatic N) is 3. The minimum atomic E-state index is -0.742. The van der Waals surface area contributed by atoms with Crippen molar-refractivity contribution in [1.82, 2.24) is 10.1 Å². The monoisotopic (exact) mass is 332 g/mol. The molecular weight excluding hydrogens is 308 g/mol. The van der Waals surface area contributed by atoms with Crippen LogP contribution < -0.4 is 5.32 Å². The maximum absolute atomic E-state index is 12.7. The van der Waals surface area contributed by atoms with Gasteiger partial charge in [-0.25, -0.2) is 0 Å². The van der Waals surface area contributed by atoms with Crippen molar-refractivity contribution < 1.29 is 14.1 Å². The molecule has 7 heteroatoms. The van der Waals surface area contributed by atoms with Crippen molar-refractivity contribution in [2.75, 3.05) is 25.1 Å². The van der Waals surface area contributed by atoms with Gasteiger partial charge in [0.05, 0.1) is 17.5 Å². The number of carbonyl (C=O) groups excluding carboxylic acids is 1. The molecule has 1 aromatic heterocycles. The van der Waals surface area contributed by atoms with E-state index in [0.29, 0.717) is 17.6 Å². The summed E-state index contributed by atoms with van der Waals surface area (Å²) >= 11 is 0. The zero-order chi connectivity index (χ0) is 17.2. The number of rotatable bonds is 4. The maximum Gasteiger partial charge on any atom is 0.244 e. The van der Waals surface area contributed by atoms with Gasteiger partial charge in [0.1, 0.15) is 5.69 Å². The van der Waals surface area contributed by atoms with Crippen LogP contribution in [0.3, 0.4) is 0 Å². The predicted molar refractivity (Wildman–Crippen MR) is 87.3 cm³/mol. The van der Waals surface area contributed by atoms with Crippen LogP contribution in [0.4, 0.5) is 5.88 Å². The van der Waals surface area contributed by atoms with Crippen LogP contribution in [0.1, 0.15) is 45.2 Å². The van der Waals surface area contributed by atoms with E-state index in [1.165, 1.54) is 0 Å². The highest BCUT2D eigenvalue weighted by atomic mass is 16.5. The van der Waals surface area contributed by atoms with Gasteiger partial charge in [0.2, 0.25) is 11.8 Å². The number of hydrogen-bond acceptors (Lipinski definition) is 6. The predicted octanol–water partition coefficient (Wildman–Crippen LogP) is 2.06. The van der Waals surface area contributed by atoms with Gasteiger partial charge in [0, 0.05) is 25.3 Å². The average molecular weight is 332 g/mol. The molecule has 2 fully saturated rings. The SMILES string of the molecule is CC(C)(C#N)c1cc(NC(=O)C2CCCN2C2CCOCC2)on1. The standard InChI is InChI=1S/C17H24N4O3/c1-17(2,11-18)14-10-15(24-20-14)19-16(22)13-4-3-7-21(13)12-5-8-23-9-6-12/h10,12-13H,3-9H2,1-2H3,(H,19,22). The third kappa shape index (κ3) is 3.45. The second-order valence-corrected chi connectivity index (χ2v) is 7.04. The number of aromatic nitrogens is 1. The lowest BCUT2D eigenvalue weighted by Gasteiger charge is -2.34. The first kappa shape index (κ1) is 16.9. The molecule has 1 unspecified atom stereocenters. The van der Waals surface area contributed by atoms with Gasteiger partial charge in [-0.15, -0.1) is 0 Å². The van der Waals surface area contributed by atoms with Gasteiger partial charge < -0.3 is 9.26 Å². The molecule has 0 radical (unpaired) electrons. The smallest absolute Gasteiger partial charge is 0.244 e. The number of nitriles is 1. The molecule has 1 atom stereocenters. The number of carbonyl (C=O) groups is 1. The highest BCUT2D eigenvalue weighted by molar-refractivity contribution is 5.94. The zero-order valence-electron chi connectivity index (χ0n) is 14.2. The maximum atomic E-state index is 12.7. The Morgan fingerprint density at radius 1 is 1.42 bits per heavy atom. The molecule has 130 valence electrons. The van der Waals surface area contributed by atoms with E-state index in [1.807, 2.05) is 0 Å². The van der Waals surface area contributed by atoms with Gasteiger partial charge in [-0.3, -0.25) is 15.0 Å². The number of ether oxygens (including phenoxy) is 1. The molecule has 3 heterocycles. The van der Waals surface area contributed by atoms with Crippen LogP contribution in [-0.2, 0) is 14.9 Å². The van der Waals surface area contributed by atoms with Crippen molar-refractivity contribution >= 4 is 11.8 Å². The van der Waals surface area contributed by atoms with Gasteiger partial charge in [-0.1, -0.05) is 5.16 Å². The highest BCUT2D eigenvalue weighted by Crippen LogP contribution is 2.27. The van der Waals surface area contributed by atoms with Crippen molar-refractivity contribution in [3.8, 4) is 6.07 Å². The Kier molecular flexibility index (Phi) is 4.88. The summed E-state index contributed by atoms with van der Waals surface area (Å²) in [6.45, 7) is 6.01. The summed E-state index contributed by atoms with van der Waals surface area (Å²) in [5.41, 5.74) is -0.221. The highest BCUT2D eigenvalue weighted by Gasteiger charge is 2.36. The van der Waals surface area contributed by atoms with Crippen molar-refractivity contribution in [2.45, 2.75) is 57.0 Å². The van der Waals surface area contributed by atoms with Gasteiger partial charge in [0.15, 0.2) is 0 Å². The molecule has 0 saturated carbocycles. The van der Waals surface area contributed by atoms with E-state index in [2.05, 4.69) is 21.4 Å². The van der Waals surface area contributed by atoms with Crippen molar-refractivity contribution in [2.24, 2.45) is 0 Å². The number of hydrogen-bond donors (Lipinski definition) is 1. The van der Waals surface area contributed by atoms with Gasteiger partial charge in [0.25, 0.3) is 0 Å². The summed E-state index contributed by atoms with van der Waals surface area (Å²) in [6, 6.07) is 4.09. The Morgan fingerprint density at radius 3 is 2.88 bits per heavy atom. The first-order chi connectivity index (χ1) is 11.5. The molecule has 0 aliphatic carbocycles. The van der Waals surface area contributed by atoms with E-state index in [1.54, 1.807) is 19.9 Å². The normalized spacial score (nSPS) is 23.1. The van der Waals surface area contributed by atoms with Crippen LogP contribution in [0.2, 0.25) is 0 Å². The van der Waals surface area contributed by atoms with Crippen LogP contribution in [0, 0.1) is 11.3 Å². The third-order valence-corrected chi connectivity index (χ3v) is 4.93. The van der Waals surface area contributed by atoms with E-state index in [9.17, 15) is 4.79 Å². The molecule has 1 amide bonds. The van der Waals surface area contributed by atoms with Gasteiger partial charge in [-0.05, 0) is 46.1 Å². The van der Waals surface area contributed by atoms with Crippen molar-refractivity contribution in [3.05, 3.63) is 11.8 Å². The lowest BCUT2D eigenvalue weighted by molar-refractivity contribution is -0.121. The first-order valence-corrected chi connectivity index (χ1v) is 8.54. The molecule has 3 rings (SSSR count). The van der Waals surface area contributed by atoms with Crippen LogP contribution in [-0.4, -0.2) is 47.8 Å². The quantitative estimate of drug-likeness (QED) is 0.907. The minimum Gasteiger partial charge on any atom is -0.381 e. The molecule has 0 bridgehead atoms. The topological polar surface area (TPSA) is 91.4 Å². The Bertz CT molecular complexity index is 628. The van der Waals surface area contributed by atoms with E-state index >= 15 is 0 Å². The molecule has 7 nitrogen and oxygen atoms in total. The Labute approximate surface area is 141 Å². The Morgan fingerprint density at radius 2 is 2.17 bits per heavy atom. The summed E-state index contributed by atoms with van der Waals surface area (Å²) in [4.78, 5) is 15.0. The third-order valence-electron chi connectivity index (χ3n) is 4.93. The largest absolute Gasteiger partial charge is 0.381 e. The molecule has 2 aliphatic heterocycles. The molecule has 1 N–H and O–H groups in total. The second kappa shape index (κ2) is 6.91. The van der Waals surface area contributed by atoms with Crippen LogP contribution >= 0.6 is 0 Å². The lowest BCUT2D eigenvalue weighted by Crippen LogP contribution is -2.47. The van der Waals surface area contributed by atoms with Crippen LogP contribution in [0.15, 0.2) is 10.6 Å².